The van der Waals surface area contributed by atoms with E-state index in [1.807, 2.05) is 0 Å². The van der Waals surface area contributed by atoms with E-state index in [1.165, 1.54) is 12.1 Å². The number of carbonyl (C=O) groups is 1. The standard InChI is InChI=1S/C17H12N2O9S3/c20-16-12(17(21)22)7-9-3-1-2-4-11(9)15(16)19-18-13-6-5-10(31(27,29)28-23)8-14(13)30(24,25)26/h1-8,20,23H,(H,21,22)(H,24,25,26). The summed E-state index contributed by atoms with van der Waals surface area (Å²) in [6.07, 6.45) is 0. The van der Waals surface area contributed by atoms with Gasteiger partial charge < -0.3 is 10.2 Å². The van der Waals surface area contributed by atoms with Crippen molar-refractivity contribution in [2.24, 2.45) is 10.2 Å². The van der Waals surface area contributed by atoms with Crippen LogP contribution < -0.4 is 0 Å². The number of fused-ring (bicyclic) bond motifs is 1. The monoisotopic (exact) mass is 484 g/mol. The van der Waals surface area contributed by atoms with Gasteiger partial charge in [0.2, 0.25) is 8.77 Å². The van der Waals surface area contributed by atoms with E-state index in [2.05, 4.69) is 25.8 Å². The maximum atomic E-state index is 11.9. The summed E-state index contributed by atoms with van der Waals surface area (Å²) in [4.78, 5) is 10.1. The SMILES string of the molecule is O=C(O)c1cc2ccccc2c(N=Nc2ccc(S(=O)(=S)OO)cc2S(=O)(=O)O)c1O. The number of rotatable bonds is 6. The molecular weight excluding hydrogens is 472 g/mol. The number of aromatic hydroxyl groups is 1. The Morgan fingerprint density at radius 3 is 2.32 bits per heavy atom. The van der Waals surface area contributed by atoms with Crippen LogP contribution in [0.3, 0.4) is 0 Å². The van der Waals surface area contributed by atoms with E-state index >= 15 is 0 Å². The second kappa shape index (κ2) is 8.26. The lowest BCUT2D eigenvalue weighted by Gasteiger charge is -2.09. The molecule has 162 valence electrons. The molecule has 0 saturated heterocycles. The van der Waals surface area contributed by atoms with Crippen molar-refractivity contribution in [1.29, 1.82) is 0 Å². The first kappa shape index (κ1) is 22.7. The van der Waals surface area contributed by atoms with E-state index in [0.29, 0.717) is 16.8 Å². The normalized spacial score (nSPS) is 14.0. The number of carboxylic acid groups (broad SMARTS) is 1. The van der Waals surface area contributed by atoms with Gasteiger partial charge in [0.15, 0.2) is 5.75 Å². The van der Waals surface area contributed by atoms with Crippen molar-refractivity contribution in [3.8, 4) is 5.75 Å². The smallest absolute Gasteiger partial charge is 0.339 e. The molecule has 3 rings (SSSR count). The van der Waals surface area contributed by atoms with Gasteiger partial charge in [0, 0.05) is 16.6 Å². The molecule has 0 aliphatic carbocycles. The largest absolute Gasteiger partial charge is 0.505 e. The molecule has 0 bridgehead atoms. The zero-order valence-corrected chi connectivity index (χ0v) is 17.5. The fraction of sp³-hybridized carbons (Fsp3) is 0. The van der Waals surface area contributed by atoms with Crippen molar-refractivity contribution >= 4 is 58.2 Å². The summed E-state index contributed by atoms with van der Waals surface area (Å²) in [7, 11) is -8.80. The molecule has 1 atom stereocenters. The summed E-state index contributed by atoms with van der Waals surface area (Å²) in [5.74, 6) is -2.13. The Kier molecular flexibility index (Phi) is 6.04. The van der Waals surface area contributed by atoms with Gasteiger partial charge in [-0.05, 0) is 29.7 Å². The third kappa shape index (κ3) is 4.53. The highest BCUT2D eigenvalue weighted by Crippen LogP contribution is 2.40. The number of benzene rings is 3. The van der Waals surface area contributed by atoms with Crippen molar-refractivity contribution in [3.05, 3.63) is 54.1 Å². The van der Waals surface area contributed by atoms with Crippen molar-refractivity contribution in [2.45, 2.75) is 9.79 Å². The molecular formula is C17H12N2O9S3. The molecule has 3 aromatic carbocycles. The molecule has 1 unspecified atom stereocenters. The maximum Gasteiger partial charge on any atom is 0.339 e. The Labute approximate surface area is 179 Å². The number of phenols is 1. The zero-order valence-electron chi connectivity index (χ0n) is 15.1. The van der Waals surface area contributed by atoms with Crippen molar-refractivity contribution < 1.29 is 41.8 Å². The van der Waals surface area contributed by atoms with Gasteiger partial charge in [-0.3, -0.25) is 4.55 Å². The fourth-order valence-corrected chi connectivity index (χ4v) is 4.29. The summed E-state index contributed by atoms with van der Waals surface area (Å²) in [6, 6.07) is 10.3. The van der Waals surface area contributed by atoms with E-state index in [0.717, 1.165) is 12.1 Å². The van der Waals surface area contributed by atoms with Gasteiger partial charge in [-0.25, -0.2) is 14.3 Å². The average molecular weight is 484 g/mol. The van der Waals surface area contributed by atoms with Crippen LogP contribution in [0, 0.1) is 0 Å². The first-order valence-electron chi connectivity index (χ1n) is 8.05. The predicted molar refractivity (Wildman–Crippen MR) is 110 cm³/mol. The van der Waals surface area contributed by atoms with Gasteiger partial charge in [0.1, 0.15) is 21.8 Å². The molecule has 0 saturated carbocycles. The molecule has 0 radical (unpaired) electrons. The number of azo groups is 1. The summed E-state index contributed by atoms with van der Waals surface area (Å²) in [5.41, 5.74) is -1.16. The van der Waals surface area contributed by atoms with Gasteiger partial charge in [-0.2, -0.15) is 8.42 Å². The van der Waals surface area contributed by atoms with Crippen LogP contribution in [0.25, 0.3) is 10.8 Å². The van der Waals surface area contributed by atoms with Crippen LogP contribution in [0.2, 0.25) is 0 Å². The zero-order chi connectivity index (χ0) is 23.0. The molecule has 0 spiro atoms. The average Bonchev–Trinajstić information content (AvgIpc) is 2.71. The Hall–Kier alpha value is -3.01. The quantitative estimate of drug-likeness (QED) is 0.175. The predicted octanol–water partition coefficient (Wildman–Crippen LogP) is 3.42. The lowest BCUT2D eigenvalue weighted by Crippen LogP contribution is -2.05. The maximum absolute atomic E-state index is 11.9. The first-order chi connectivity index (χ1) is 14.5. The first-order valence-corrected chi connectivity index (χ1v) is 11.9. The summed E-state index contributed by atoms with van der Waals surface area (Å²) in [6.45, 7) is 0. The van der Waals surface area contributed by atoms with Crippen LogP contribution in [0.15, 0.2) is 68.6 Å². The van der Waals surface area contributed by atoms with Crippen molar-refractivity contribution in [2.75, 3.05) is 0 Å². The van der Waals surface area contributed by atoms with Crippen molar-refractivity contribution in [1.82, 2.24) is 0 Å². The lowest BCUT2D eigenvalue weighted by molar-refractivity contribution is -0.124. The molecule has 0 aliphatic rings. The molecule has 14 heteroatoms. The fourth-order valence-electron chi connectivity index (χ4n) is 2.67. The Morgan fingerprint density at radius 1 is 1.03 bits per heavy atom. The van der Waals surface area contributed by atoms with E-state index in [1.54, 1.807) is 18.2 Å². The number of carboxylic acids is 1. The van der Waals surface area contributed by atoms with Gasteiger partial charge in [-0.15, -0.1) is 14.6 Å². The van der Waals surface area contributed by atoms with Crippen LogP contribution in [0.4, 0.5) is 11.4 Å². The molecule has 0 aliphatic heterocycles. The molecule has 0 aromatic heterocycles. The van der Waals surface area contributed by atoms with Crippen LogP contribution in [0.5, 0.6) is 5.75 Å². The lowest BCUT2D eigenvalue weighted by atomic mass is 10.0. The Balaban J connectivity index is 2.24. The molecule has 4 N–H and O–H groups in total. The number of aromatic carboxylic acids is 1. The number of nitrogens with zero attached hydrogens (tertiary/aromatic N) is 2. The van der Waals surface area contributed by atoms with Gasteiger partial charge >= 0.3 is 5.97 Å². The van der Waals surface area contributed by atoms with Gasteiger partial charge in [0.25, 0.3) is 10.1 Å². The molecule has 0 fully saturated rings. The number of hydrogen-bond donors (Lipinski definition) is 4. The topological polar surface area (TPSA) is 183 Å². The number of hydrogen-bond acceptors (Lipinski definition) is 10. The van der Waals surface area contributed by atoms with Crippen molar-refractivity contribution in [3.63, 3.8) is 0 Å². The summed E-state index contributed by atoms with van der Waals surface area (Å²) >= 11 is 4.52. The highest BCUT2D eigenvalue weighted by atomic mass is 32.8. The van der Waals surface area contributed by atoms with E-state index in [9.17, 15) is 32.2 Å². The molecule has 3 aromatic rings. The minimum atomic E-state index is -4.92. The van der Waals surface area contributed by atoms with E-state index in [4.69, 9.17) is 5.26 Å². The third-order valence-electron chi connectivity index (χ3n) is 4.08. The van der Waals surface area contributed by atoms with Crippen LogP contribution in [0.1, 0.15) is 10.4 Å². The van der Waals surface area contributed by atoms with E-state index in [-0.39, 0.29) is 5.69 Å². The second-order valence-electron chi connectivity index (χ2n) is 5.98. The van der Waals surface area contributed by atoms with Gasteiger partial charge in [-0.1, -0.05) is 24.3 Å². The highest BCUT2D eigenvalue weighted by Gasteiger charge is 2.22. The Morgan fingerprint density at radius 2 is 1.71 bits per heavy atom. The third-order valence-corrected chi connectivity index (χ3v) is 6.75. The van der Waals surface area contributed by atoms with E-state index < -0.39 is 51.7 Å². The van der Waals surface area contributed by atoms with Crippen LogP contribution in [-0.2, 0) is 34.4 Å². The van der Waals surface area contributed by atoms with Gasteiger partial charge in [0.05, 0.1) is 4.90 Å². The second-order valence-corrected chi connectivity index (χ2v) is 10.2. The van der Waals surface area contributed by atoms with Crippen LogP contribution >= 0.6 is 0 Å². The highest BCUT2D eigenvalue weighted by molar-refractivity contribution is 8.30. The minimum Gasteiger partial charge on any atom is -0.505 e. The molecule has 0 heterocycles. The minimum absolute atomic E-state index is 0.258. The summed E-state index contributed by atoms with van der Waals surface area (Å²) < 4.78 is 48.6. The molecule has 31 heavy (non-hydrogen) atoms. The Bertz CT molecular complexity index is 1450. The molecule has 11 nitrogen and oxygen atoms in total. The summed E-state index contributed by atoms with van der Waals surface area (Å²) in [5, 5.41) is 36.5. The van der Waals surface area contributed by atoms with Crippen LogP contribution in [-0.4, -0.2) is 38.6 Å². The molecule has 0 amide bonds.